The third kappa shape index (κ3) is 1.10. The standard InChI is InChI=1S/C11H19N/c1-2-7-12(6-1)8-11-9-4-3-5-10(9)11/h9-11H,1-8H2. The van der Waals surface area contributed by atoms with Crippen molar-refractivity contribution in [2.24, 2.45) is 17.8 Å². The summed E-state index contributed by atoms with van der Waals surface area (Å²) in [5, 5.41) is 0. The molecule has 0 bridgehead atoms. The molecule has 3 rings (SSSR count). The lowest BCUT2D eigenvalue weighted by Crippen LogP contribution is -2.23. The van der Waals surface area contributed by atoms with E-state index in [2.05, 4.69) is 4.90 Å². The summed E-state index contributed by atoms with van der Waals surface area (Å²) in [4.78, 5) is 2.70. The third-order valence-electron chi connectivity index (χ3n) is 4.25. The van der Waals surface area contributed by atoms with Gasteiger partial charge in [0.2, 0.25) is 0 Å². The Kier molecular flexibility index (Phi) is 1.68. The maximum absolute atomic E-state index is 2.70. The Hall–Kier alpha value is -0.0400. The zero-order valence-corrected chi connectivity index (χ0v) is 7.84. The highest BCUT2D eigenvalue weighted by atomic mass is 15.1. The van der Waals surface area contributed by atoms with Gasteiger partial charge in [-0.05, 0) is 56.5 Å². The van der Waals surface area contributed by atoms with E-state index in [0.717, 1.165) is 5.92 Å². The van der Waals surface area contributed by atoms with Crippen LogP contribution < -0.4 is 0 Å². The van der Waals surface area contributed by atoms with E-state index in [1.54, 1.807) is 12.8 Å². The Labute approximate surface area is 75.1 Å². The average Bonchev–Trinajstić information content (AvgIpc) is 2.59. The lowest BCUT2D eigenvalue weighted by atomic mass is 10.1. The van der Waals surface area contributed by atoms with Gasteiger partial charge in [-0.25, -0.2) is 0 Å². The van der Waals surface area contributed by atoms with Gasteiger partial charge in [0.15, 0.2) is 0 Å². The van der Waals surface area contributed by atoms with Crippen LogP contribution in [0.4, 0.5) is 0 Å². The van der Waals surface area contributed by atoms with E-state index in [1.807, 2.05) is 0 Å². The van der Waals surface area contributed by atoms with Crippen LogP contribution in [0.25, 0.3) is 0 Å². The Balaban J connectivity index is 1.50. The molecule has 12 heavy (non-hydrogen) atoms. The number of hydrogen-bond acceptors (Lipinski definition) is 1. The molecule has 1 saturated heterocycles. The van der Waals surface area contributed by atoms with Gasteiger partial charge in [-0.2, -0.15) is 0 Å². The molecule has 2 aliphatic carbocycles. The van der Waals surface area contributed by atoms with E-state index in [1.165, 1.54) is 50.7 Å². The molecule has 1 aliphatic heterocycles. The fraction of sp³-hybridized carbons (Fsp3) is 1.00. The zero-order chi connectivity index (χ0) is 7.97. The van der Waals surface area contributed by atoms with Crippen molar-refractivity contribution in [3.8, 4) is 0 Å². The highest BCUT2D eigenvalue weighted by Crippen LogP contribution is 2.57. The second kappa shape index (κ2) is 2.73. The number of fused-ring (bicyclic) bond motifs is 1. The number of rotatable bonds is 2. The molecule has 0 N–H and O–H groups in total. The van der Waals surface area contributed by atoms with Gasteiger partial charge in [-0.1, -0.05) is 6.42 Å². The van der Waals surface area contributed by atoms with Gasteiger partial charge < -0.3 is 4.90 Å². The average molecular weight is 165 g/mol. The maximum atomic E-state index is 2.70. The first-order valence-electron chi connectivity index (χ1n) is 5.67. The predicted molar refractivity (Wildman–Crippen MR) is 50.0 cm³/mol. The van der Waals surface area contributed by atoms with Crippen LogP contribution in [0.3, 0.4) is 0 Å². The van der Waals surface area contributed by atoms with E-state index in [4.69, 9.17) is 0 Å². The van der Waals surface area contributed by atoms with Crippen molar-refractivity contribution in [2.45, 2.75) is 32.1 Å². The predicted octanol–water partition coefficient (Wildman–Crippen LogP) is 2.13. The molecule has 2 unspecified atom stereocenters. The fourth-order valence-electron chi connectivity index (χ4n) is 3.50. The van der Waals surface area contributed by atoms with E-state index in [9.17, 15) is 0 Å². The molecule has 3 aliphatic rings. The highest BCUT2D eigenvalue weighted by Gasteiger charge is 2.52. The minimum absolute atomic E-state index is 1.14. The minimum atomic E-state index is 1.14. The van der Waals surface area contributed by atoms with Crippen molar-refractivity contribution in [2.75, 3.05) is 19.6 Å². The Morgan fingerprint density at radius 2 is 1.58 bits per heavy atom. The number of hydrogen-bond donors (Lipinski definition) is 0. The minimum Gasteiger partial charge on any atom is -0.303 e. The SMILES string of the molecule is C1CC2C(C1)C2CN1CCCC1. The molecule has 2 saturated carbocycles. The van der Waals surface area contributed by atoms with Crippen LogP contribution in [0.5, 0.6) is 0 Å². The molecule has 0 aromatic rings. The summed E-state index contributed by atoms with van der Waals surface area (Å²) >= 11 is 0. The van der Waals surface area contributed by atoms with Gasteiger partial charge in [0.25, 0.3) is 0 Å². The summed E-state index contributed by atoms with van der Waals surface area (Å²) in [6, 6.07) is 0. The molecular weight excluding hydrogens is 146 g/mol. The van der Waals surface area contributed by atoms with Crippen LogP contribution in [0.15, 0.2) is 0 Å². The normalized spacial score (nSPS) is 46.5. The molecule has 3 fully saturated rings. The van der Waals surface area contributed by atoms with Crippen LogP contribution in [0.1, 0.15) is 32.1 Å². The molecule has 68 valence electrons. The molecule has 0 spiro atoms. The second-order valence-electron chi connectivity index (χ2n) is 4.93. The molecule has 1 nitrogen and oxygen atoms in total. The Morgan fingerprint density at radius 3 is 2.25 bits per heavy atom. The van der Waals surface area contributed by atoms with Crippen molar-refractivity contribution in [3.63, 3.8) is 0 Å². The van der Waals surface area contributed by atoms with Crippen LogP contribution in [0.2, 0.25) is 0 Å². The van der Waals surface area contributed by atoms with Gasteiger partial charge in [0.05, 0.1) is 0 Å². The molecule has 0 aromatic carbocycles. The Morgan fingerprint density at radius 1 is 0.917 bits per heavy atom. The molecular formula is C11H19N. The molecule has 0 aromatic heterocycles. The van der Waals surface area contributed by atoms with Crippen LogP contribution in [-0.4, -0.2) is 24.5 Å². The van der Waals surface area contributed by atoms with E-state index < -0.39 is 0 Å². The van der Waals surface area contributed by atoms with Crippen LogP contribution in [0, 0.1) is 17.8 Å². The summed E-state index contributed by atoms with van der Waals surface area (Å²) < 4.78 is 0. The van der Waals surface area contributed by atoms with Gasteiger partial charge in [0, 0.05) is 6.54 Å². The van der Waals surface area contributed by atoms with Crippen molar-refractivity contribution in [1.82, 2.24) is 4.90 Å². The van der Waals surface area contributed by atoms with Gasteiger partial charge in [-0.15, -0.1) is 0 Å². The first kappa shape index (κ1) is 7.37. The lowest BCUT2D eigenvalue weighted by Gasteiger charge is -2.15. The van der Waals surface area contributed by atoms with E-state index in [-0.39, 0.29) is 0 Å². The van der Waals surface area contributed by atoms with E-state index >= 15 is 0 Å². The van der Waals surface area contributed by atoms with Crippen molar-refractivity contribution in [1.29, 1.82) is 0 Å². The summed E-state index contributed by atoms with van der Waals surface area (Å²) in [5.41, 5.74) is 0. The molecule has 1 heteroatoms. The topological polar surface area (TPSA) is 3.24 Å². The summed E-state index contributed by atoms with van der Waals surface area (Å²) in [5.74, 6) is 3.48. The van der Waals surface area contributed by atoms with Gasteiger partial charge in [-0.3, -0.25) is 0 Å². The summed E-state index contributed by atoms with van der Waals surface area (Å²) in [7, 11) is 0. The smallest absolute Gasteiger partial charge is 0.00152 e. The van der Waals surface area contributed by atoms with Gasteiger partial charge >= 0.3 is 0 Å². The molecule has 1 heterocycles. The second-order valence-corrected chi connectivity index (χ2v) is 4.93. The molecule has 2 atom stereocenters. The Bertz CT molecular complexity index is 162. The van der Waals surface area contributed by atoms with Crippen LogP contribution in [-0.2, 0) is 0 Å². The molecule has 0 amide bonds. The first-order chi connectivity index (χ1) is 5.95. The van der Waals surface area contributed by atoms with Gasteiger partial charge in [0.1, 0.15) is 0 Å². The molecule has 0 radical (unpaired) electrons. The van der Waals surface area contributed by atoms with Crippen LogP contribution >= 0.6 is 0 Å². The lowest BCUT2D eigenvalue weighted by molar-refractivity contribution is 0.305. The quantitative estimate of drug-likeness (QED) is 0.606. The van der Waals surface area contributed by atoms with Crippen molar-refractivity contribution in [3.05, 3.63) is 0 Å². The largest absolute Gasteiger partial charge is 0.303 e. The summed E-state index contributed by atoms with van der Waals surface area (Å²) in [6.07, 6.45) is 7.57. The summed E-state index contributed by atoms with van der Waals surface area (Å²) in [6.45, 7) is 4.25. The maximum Gasteiger partial charge on any atom is 0.00152 e. The zero-order valence-electron chi connectivity index (χ0n) is 7.84. The number of likely N-dealkylation sites (tertiary alicyclic amines) is 1. The van der Waals surface area contributed by atoms with E-state index in [0.29, 0.717) is 0 Å². The fourth-order valence-corrected chi connectivity index (χ4v) is 3.50. The number of nitrogens with zero attached hydrogens (tertiary/aromatic N) is 1. The first-order valence-corrected chi connectivity index (χ1v) is 5.67. The highest BCUT2D eigenvalue weighted by molar-refractivity contribution is 5.02. The third-order valence-corrected chi connectivity index (χ3v) is 4.25. The van der Waals surface area contributed by atoms with Crippen molar-refractivity contribution >= 4 is 0 Å². The monoisotopic (exact) mass is 165 g/mol. The van der Waals surface area contributed by atoms with Crippen molar-refractivity contribution < 1.29 is 0 Å².